The highest BCUT2D eigenvalue weighted by molar-refractivity contribution is 6.08. The second kappa shape index (κ2) is 5.88. The highest BCUT2D eigenvalue weighted by Gasteiger charge is 2.58. The number of rotatable bonds is 3. The molecule has 0 aromatic heterocycles. The second-order valence-corrected chi connectivity index (χ2v) is 7.47. The molecule has 3 amide bonds. The van der Waals surface area contributed by atoms with E-state index in [0.717, 1.165) is 50.8 Å². The van der Waals surface area contributed by atoms with E-state index in [1.165, 1.54) is 4.90 Å². The van der Waals surface area contributed by atoms with Crippen molar-refractivity contribution in [2.45, 2.75) is 43.7 Å². The van der Waals surface area contributed by atoms with Gasteiger partial charge in [0, 0.05) is 6.54 Å². The Balaban J connectivity index is 1.74. The molecule has 2 aliphatic heterocycles. The van der Waals surface area contributed by atoms with Crippen LogP contribution in [0, 0.1) is 5.92 Å². The largest absolute Gasteiger partial charge is 0.325 e. The molecule has 2 heterocycles. The van der Waals surface area contributed by atoms with Gasteiger partial charge in [0.1, 0.15) is 5.54 Å². The van der Waals surface area contributed by atoms with Gasteiger partial charge in [-0.3, -0.25) is 9.69 Å². The molecule has 0 spiro atoms. The molecule has 1 aliphatic carbocycles. The van der Waals surface area contributed by atoms with Gasteiger partial charge >= 0.3 is 6.03 Å². The summed E-state index contributed by atoms with van der Waals surface area (Å²) in [5.41, 5.74) is 0.0693. The molecule has 1 aromatic rings. The number of benzene rings is 1. The number of likely N-dealkylation sites (N-methyl/N-ethyl adjacent to an activating group) is 1. The number of urea groups is 1. The molecule has 3 fully saturated rings. The van der Waals surface area contributed by atoms with Crippen molar-refractivity contribution < 1.29 is 9.59 Å². The van der Waals surface area contributed by atoms with Crippen LogP contribution in [0.3, 0.4) is 0 Å². The molecule has 2 saturated heterocycles. The van der Waals surface area contributed by atoms with Crippen molar-refractivity contribution in [1.82, 2.24) is 15.1 Å². The summed E-state index contributed by atoms with van der Waals surface area (Å²) in [7, 11) is 2.04. The van der Waals surface area contributed by atoms with Crippen LogP contribution >= 0.6 is 0 Å². The third-order valence-corrected chi connectivity index (χ3v) is 6.01. The fraction of sp³-hybridized carbons (Fsp3) is 0.579. The molecule has 1 unspecified atom stereocenters. The fourth-order valence-electron chi connectivity index (χ4n) is 4.79. The molecular formula is C19H25N3O2. The number of likely N-dealkylation sites (tertiary alicyclic amines) is 1. The molecule has 4 rings (SSSR count). The summed E-state index contributed by atoms with van der Waals surface area (Å²) >= 11 is 0. The van der Waals surface area contributed by atoms with Crippen molar-refractivity contribution >= 4 is 11.9 Å². The van der Waals surface area contributed by atoms with Crippen LogP contribution in [0.25, 0.3) is 0 Å². The van der Waals surface area contributed by atoms with Crippen LogP contribution in [0.5, 0.6) is 0 Å². The number of imide groups is 1. The van der Waals surface area contributed by atoms with Crippen LogP contribution < -0.4 is 5.32 Å². The predicted octanol–water partition coefficient (Wildman–Crippen LogP) is 2.33. The highest BCUT2D eigenvalue weighted by Crippen LogP contribution is 2.45. The zero-order valence-electron chi connectivity index (χ0n) is 14.2. The van der Waals surface area contributed by atoms with E-state index >= 15 is 0 Å². The molecule has 5 nitrogen and oxygen atoms in total. The summed E-state index contributed by atoms with van der Waals surface area (Å²) in [6.07, 6.45) is 5.13. The second-order valence-electron chi connectivity index (χ2n) is 7.47. The van der Waals surface area contributed by atoms with Crippen LogP contribution in [0.15, 0.2) is 30.3 Å². The Morgan fingerprint density at radius 2 is 1.79 bits per heavy atom. The lowest BCUT2D eigenvalue weighted by Gasteiger charge is -2.34. The van der Waals surface area contributed by atoms with Gasteiger partial charge in [-0.05, 0) is 44.3 Å². The minimum atomic E-state index is -0.865. The van der Waals surface area contributed by atoms with E-state index in [2.05, 4.69) is 10.2 Å². The summed E-state index contributed by atoms with van der Waals surface area (Å²) in [4.78, 5) is 30.0. The molecule has 5 heteroatoms. The minimum Gasteiger partial charge on any atom is -0.319 e. The third kappa shape index (κ3) is 2.25. The van der Waals surface area contributed by atoms with Crippen molar-refractivity contribution in [3.05, 3.63) is 35.9 Å². The minimum absolute atomic E-state index is 0.00510. The van der Waals surface area contributed by atoms with Crippen LogP contribution in [0.1, 0.15) is 37.7 Å². The monoisotopic (exact) mass is 327 g/mol. The summed E-state index contributed by atoms with van der Waals surface area (Å²) in [5.74, 6) is 0.159. The Labute approximate surface area is 143 Å². The molecule has 2 atom stereocenters. The van der Waals surface area contributed by atoms with Gasteiger partial charge in [-0.2, -0.15) is 0 Å². The lowest BCUT2D eigenvalue weighted by Crippen LogP contribution is -2.50. The van der Waals surface area contributed by atoms with E-state index in [4.69, 9.17) is 0 Å². The van der Waals surface area contributed by atoms with Gasteiger partial charge in [0.25, 0.3) is 5.91 Å². The first-order valence-corrected chi connectivity index (χ1v) is 9.03. The molecule has 0 bridgehead atoms. The van der Waals surface area contributed by atoms with Crippen LogP contribution in [0.2, 0.25) is 0 Å². The number of carbonyl (C=O) groups is 2. The zero-order chi connectivity index (χ0) is 16.7. The normalized spacial score (nSPS) is 31.9. The first-order valence-electron chi connectivity index (χ1n) is 9.03. The van der Waals surface area contributed by atoms with E-state index in [0.29, 0.717) is 0 Å². The van der Waals surface area contributed by atoms with E-state index in [-0.39, 0.29) is 23.9 Å². The van der Waals surface area contributed by atoms with Gasteiger partial charge in [-0.15, -0.1) is 0 Å². The fourth-order valence-corrected chi connectivity index (χ4v) is 4.79. The number of nitrogens with zero attached hydrogens (tertiary/aromatic N) is 2. The Morgan fingerprint density at radius 1 is 1.08 bits per heavy atom. The van der Waals surface area contributed by atoms with Gasteiger partial charge in [0.05, 0.1) is 6.04 Å². The van der Waals surface area contributed by atoms with Crippen molar-refractivity contribution in [3.8, 4) is 0 Å². The molecule has 1 aromatic carbocycles. The summed E-state index contributed by atoms with van der Waals surface area (Å²) in [6.45, 7) is 1.71. The first kappa shape index (κ1) is 15.6. The average Bonchev–Trinajstić information content (AvgIpc) is 3.29. The maximum atomic E-state index is 13.5. The number of hydrogen-bond acceptors (Lipinski definition) is 3. The van der Waals surface area contributed by atoms with E-state index < -0.39 is 5.54 Å². The first-order chi connectivity index (χ1) is 11.6. The van der Waals surface area contributed by atoms with Gasteiger partial charge < -0.3 is 10.2 Å². The Kier molecular flexibility index (Phi) is 3.83. The van der Waals surface area contributed by atoms with Gasteiger partial charge in [0.2, 0.25) is 0 Å². The smallest absolute Gasteiger partial charge is 0.319 e. The number of hydrogen-bond donors (Lipinski definition) is 1. The summed E-state index contributed by atoms with van der Waals surface area (Å²) in [5, 5.41) is 3.14. The number of nitrogens with one attached hydrogen (secondary N) is 1. The van der Waals surface area contributed by atoms with Crippen LogP contribution in [0.4, 0.5) is 4.79 Å². The van der Waals surface area contributed by atoms with Crippen LogP contribution in [-0.4, -0.2) is 47.9 Å². The van der Waals surface area contributed by atoms with Crippen molar-refractivity contribution in [2.75, 3.05) is 20.1 Å². The van der Waals surface area contributed by atoms with Gasteiger partial charge in [0.15, 0.2) is 0 Å². The van der Waals surface area contributed by atoms with E-state index in [1.807, 2.05) is 37.4 Å². The van der Waals surface area contributed by atoms with Gasteiger partial charge in [-0.1, -0.05) is 43.2 Å². The zero-order valence-corrected chi connectivity index (χ0v) is 14.2. The topological polar surface area (TPSA) is 52.6 Å². The summed E-state index contributed by atoms with van der Waals surface area (Å²) < 4.78 is 0. The maximum Gasteiger partial charge on any atom is 0.325 e. The molecule has 128 valence electrons. The molecule has 0 radical (unpaired) electrons. The van der Waals surface area contributed by atoms with E-state index in [9.17, 15) is 9.59 Å². The lowest BCUT2D eigenvalue weighted by atomic mass is 9.76. The Hall–Kier alpha value is -1.88. The van der Waals surface area contributed by atoms with Crippen molar-refractivity contribution in [2.24, 2.45) is 5.92 Å². The SMILES string of the molecule is CN1CC[C@@H](N2C(=O)NC(c3ccccc3)(C3CCCC3)C2=O)C1. The predicted molar refractivity (Wildman–Crippen MR) is 91.4 cm³/mol. The number of carbonyl (C=O) groups excluding carboxylic acids is 2. The molecule has 1 saturated carbocycles. The summed E-state index contributed by atoms with van der Waals surface area (Å²) in [6, 6.07) is 9.62. The lowest BCUT2D eigenvalue weighted by molar-refractivity contribution is -0.135. The van der Waals surface area contributed by atoms with E-state index in [1.54, 1.807) is 0 Å². The van der Waals surface area contributed by atoms with Crippen LogP contribution in [-0.2, 0) is 10.3 Å². The number of amides is 3. The van der Waals surface area contributed by atoms with Crippen molar-refractivity contribution in [1.29, 1.82) is 0 Å². The molecule has 24 heavy (non-hydrogen) atoms. The Morgan fingerprint density at radius 3 is 2.42 bits per heavy atom. The molecule has 3 aliphatic rings. The standard InChI is InChI=1S/C19H25N3O2/c1-21-12-11-16(13-21)22-17(23)19(20-18(22)24,15-9-5-6-10-15)14-7-3-2-4-8-14/h2-4,7-8,15-16H,5-6,9-13H2,1H3,(H,20,24)/t16-,19?/m1/s1. The Bertz CT molecular complexity index is 641. The average molecular weight is 327 g/mol. The highest BCUT2D eigenvalue weighted by atomic mass is 16.2. The molecular weight excluding hydrogens is 302 g/mol. The van der Waals surface area contributed by atoms with Crippen molar-refractivity contribution in [3.63, 3.8) is 0 Å². The van der Waals surface area contributed by atoms with Gasteiger partial charge in [-0.25, -0.2) is 4.79 Å². The third-order valence-electron chi connectivity index (χ3n) is 6.01. The quantitative estimate of drug-likeness (QED) is 0.867. The maximum absolute atomic E-state index is 13.5. The molecule has 1 N–H and O–H groups in total.